The van der Waals surface area contributed by atoms with Crippen molar-refractivity contribution in [2.24, 2.45) is 0 Å². The molecule has 5 nitrogen and oxygen atoms in total. The number of alkyl halides is 3. The van der Waals surface area contributed by atoms with Crippen LogP contribution in [0.3, 0.4) is 0 Å². The van der Waals surface area contributed by atoms with E-state index in [4.69, 9.17) is 0 Å². The van der Waals surface area contributed by atoms with Crippen LogP contribution in [-0.2, 0) is 11.3 Å². The molecule has 1 aromatic heterocycles. The number of carbonyl (C=O) groups is 1. The van der Waals surface area contributed by atoms with Gasteiger partial charge in [0.15, 0.2) is 0 Å². The third-order valence-electron chi connectivity index (χ3n) is 1.72. The fraction of sp³-hybridized carbons (Fsp3) is 0.375. The lowest BCUT2D eigenvalue weighted by atomic mass is 10.5. The van der Waals surface area contributed by atoms with Crippen molar-refractivity contribution in [3.8, 4) is 0 Å². The molecule has 1 amide bonds. The summed E-state index contributed by atoms with van der Waals surface area (Å²) in [5.74, 6) is -0.948. The average molecular weight is 393 g/mol. The molecular weight excluding hydrogens is 387 g/mol. The van der Waals surface area contributed by atoms with Gasteiger partial charge in [0, 0.05) is 0 Å². The zero-order valence-corrected chi connectivity index (χ0v) is 11.8. The Kier molecular flexibility index (Phi) is 4.91. The Bertz CT molecular complexity index is 515. The lowest BCUT2D eigenvalue weighted by Gasteiger charge is -2.09. The third kappa shape index (κ3) is 4.41. The SMILES string of the molecule is O=C(Cn1ncc(Br)c(Br)c1=O)NCC(F)(F)F. The monoisotopic (exact) mass is 391 g/mol. The van der Waals surface area contributed by atoms with Crippen LogP contribution in [0.1, 0.15) is 0 Å². The van der Waals surface area contributed by atoms with Crippen molar-refractivity contribution in [2.75, 3.05) is 6.54 Å². The van der Waals surface area contributed by atoms with Gasteiger partial charge in [0.2, 0.25) is 5.91 Å². The first-order valence-corrected chi connectivity index (χ1v) is 6.04. The number of nitrogens with one attached hydrogen (secondary N) is 1. The van der Waals surface area contributed by atoms with Gasteiger partial charge in [0.05, 0.1) is 10.7 Å². The molecule has 1 N–H and O–H groups in total. The van der Waals surface area contributed by atoms with Crippen molar-refractivity contribution in [3.05, 3.63) is 25.5 Å². The second kappa shape index (κ2) is 5.83. The number of aromatic nitrogens is 2. The number of hydrogen-bond donors (Lipinski definition) is 1. The van der Waals surface area contributed by atoms with E-state index in [1.807, 2.05) is 0 Å². The van der Waals surface area contributed by atoms with E-state index in [1.165, 1.54) is 6.20 Å². The number of nitrogens with zero attached hydrogens (tertiary/aromatic N) is 2. The number of rotatable bonds is 3. The first-order valence-electron chi connectivity index (χ1n) is 4.45. The van der Waals surface area contributed by atoms with E-state index in [0.29, 0.717) is 4.47 Å². The van der Waals surface area contributed by atoms with E-state index in [2.05, 4.69) is 37.0 Å². The van der Waals surface area contributed by atoms with E-state index < -0.39 is 30.7 Å². The molecule has 0 saturated heterocycles. The molecule has 0 atom stereocenters. The molecule has 0 radical (unpaired) electrons. The van der Waals surface area contributed by atoms with Crippen molar-refractivity contribution in [1.82, 2.24) is 15.1 Å². The van der Waals surface area contributed by atoms with Crippen LogP contribution >= 0.6 is 31.9 Å². The topological polar surface area (TPSA) is 64.0 Å². The molecule has 0 aliphatic carbocycles. The molecule has 0 bridgehead atoms. The van der Waals surface area contributed by atoms with Gasteiger partial charge >= 0.3 is 6.18 Å². The van der Waals surface area contributed by atoms with Crippen molar-refractivity contribution in [3.63, 3.8) is 0 Å². The number of hydrogen-bond acceptors (Lipinski definition) is 3. The van der Waals surface area contributed by atoms with Gasteiger partial charge in [-0.05, 0) is 31.9 Å². The van der Waals surface area contributed by atoms with Gasteiger partial charge in [0.25, 0.3) is 5.56 Å². The average Bonchev–Trinajstić information content (AvgIpc) is 2.26. The summed E-state index contributed by atoms with van der Waals surface area (Å²) in [5.41, 5.74) is -0.619. The standard InChI is InChI=1S/C8H6Br2F3N3O2/c9-4-1-15-16(7(18)6(4)10)2-5(17)14-3-8(11,12)13/h1H,2-3H2,(H,14,17). The predicted molar refractivity (Wildman–Crippen MR) is 63.0 cm³/mol. The Morgan fingerprint density at radius 3 is 2.61 bits per heavy atom. The van der Waals surface area contributed by atoms with Crippen molar-refractivity contribution >= 4 is 37.8 Å². The summed E-state index contributed by atoms with van der Waals surface area (Å²) >= 11 is 5.99. The first-order chi connectivity index (χ1) is 8.20. The maximum atomic E-state index is 11.8. The summed E-state index contributed by atoms with van der Waals surface area (Å²) in [6.07, 6.45) is -3.24. The van der Waals surface area contributed by atoms with Crippen molar-refractivity contribution in [2.45, 2.75) is 12.7 Å². The summed E-state index contributed by atoms with van der Waals surface area (Å²) in [4.78, 5) is 22.7. The molecule has 1 heterocycles. The van der Waals surface area contributed by atoms with Crippen molar-refractivity contribution in [1.29, 1.82) is 0 Å². The molecule has 0 aromatic carbocycles. The highest BCUT2D eigenvalue weighted by molar-refractivity contribution is 9.13. The van der Waals surface area contributed by atoms with E-state index in [9.17, 15) is 22.8 Å². The largest absolute Gasteiger partial charge is 0.405 e. The van der Waals surface area contributed by atoms with Gasteiger partial charge < -0.3 is 5.32 Å². The third-order valence-corrected chi connectivity index (χ3v) is 3.62. The molecule has 1 rings (SSSR count). The van der Waals surface area contributed by atoms with Crippen LogP contribution in [0.2, 0.25) is 0 Å². The molecule has 0 aliphatic rings. The Morgan fingerprint density at radius 2 is 2.06 bits per heavy atom. The molecule has 0 spiro atoms. The van der Waals surface area contributed by atoms with Crippen LogP contribution in [0.4, 0.5) is 13.2 Å². The Hall–Kier alpha value is -0.900. The Balaban J connectivity index is 2.72. The second-order valence-corrected chi connectivity index (χ2v) is 4.81. The van der Waals surface area contributed by atoms with Crippen LogP contribution < -0.4 is 10.9 Å². The number of amides is 1. The highest BCUT2D eigenvalue weighted by Gasteiger charge is 2.27. The number of halogens is 5. The van der Waals surface area contributed by atoms with E-state index >= 15 is 0 Å². The summed E-state index contributed by atoms with van der Waals surface area (Å²) in [7, 11) is 0. The quantitative estimate of drug-likeness (QED) is 0.846. The summed E-state index contributed by atoms with van der Waals surface area (Å²) in [6, 6.07) is 0. The maximum Gasteiger partial charge on any atom is 0.405 e. The molecule has 0 fully saturated rings. The minimum atomic E-state index is -4.49. The molecule has 0 aliphatic heterocycles. The van der Waals surface area contributed by atoms with Crippen LogP contribution in [-0.4, -0.2) is 28.4 Å². The fourth-order valence-corrected chi connectivity index (χ4v) is 1.52. The molecule has 10 heteroatoms. The molecule has 100 valence electrons. The molecule has 18 heavy (non-hydrogen) atoms. The summed E-state index contributed by atoms with van der Waals surface area (Å²) in [6.45, 7) is -2.03. The van der Waals surface area contributed by atoms with Gasteiger partial charge in [-0.1, -0.05) is 0 Å². The summed E-state index contributed by atoms with van der Waals surface area (Å²) in [5, 5.41) is 5.25. The van der Waals surface area contributed by atoms with Crippen molar-refractivity contribution < 1.29 is 18.0 Å². The molecular formula is C8H6Br2F3N3O2. The normalized spacial score (nSPS) is 11.4. The lowest BCUT2D eigenvalue weighted by Crippen LogP contribution is -2.38. The molecule has 1 aromatic rings. The minimum Gasteiger partial charge on any atom is -0.345 e. The second-order valence-electron chi connectivity index (χ2n) is 3.16. The minimum absolute atomic E-state index is 0.140. The predicted octanol–water partition coefficient (Wildman–Crippen LogP) is 1.45. The highest BCUT2D eigenvalue weighted by Crippen LogP contribution is 2.16. The Labute approximate surface area is 116 Å². The van der Waals surface area contributed by atoms with Gasteiger partial charge in [-0.3, -0.25) is 9.59 Å². The summed E-state index contributed by atoms with van der Waals surface area (Å²) < 4.78 is 36.8. The van der Waals surface area contributed by atoms with Crippen LogP contribution in [0.25, 0.3) is 0 Å². The maximum absolute atomic E-state index is 11.8. The fourth-order valence-electron chi connectivity index (χ4n) is 0.948. The van der Waals surface area contributed by atoms with E-state index in [-0.39, 0.29) is 4.47 Å². The van der Waals surface area contributed by atoms with Crippen LogP contribution in [0.15, 0.2) is 19.9 Å². The first kappa shape index (κ1) is 15.2. The Morgan fingerprint density at radius 1 is 1.44 bits per heavy atom. The van der Waals surface area contributed by atoms with E-state index in [1.54, 1.807) is 5.32 Å². The van der Waals surface area contributed by atoms with Crippen LogP contribution in [0.5, 0.6) is 0 Å². The van der Waals surface area contributed by atoms with Gasteiger partial charge in [-0.25, -0.2) is 4.68 Å². The van der Waals surface area contributed by atoms with E-state index in [0.717, 1.165) is 4.68 Å². The zero-order valence-electron chi connectivity index (χ0n) is 8.59. The molecule has 0 saturated carbocycles. The smallest absolute Gasteiger partial charge is 0.345 e. The zero-order chi connectivity index (χ0) is 13.9. The van der Waals surface area contributed by atoms with Crippen LogP contribution in [0, 0.1) is 0 Å². The van der Waals surface area contributed by atoms with Gasteiger partial charge in [0.1, 0.15) is 17.6 Å². The highest BCUT2D eigenvalue weighted by atomic mass is 79.9. The number of carbonyl (C=O) groups excluding carboxylic acids is 1. The lowest BCUT2D eigenvalue weighted by molar-refractivity contribution is -0.138. The van der Waals surface area contributed by atoms with Gasteiger partial charge in [-0.2, -0.15) is 18.3 Å². The van der Waals surface area contributed by atoms with Gasteiger partial charge in [-0.15, -0.1) is 0 Å². The molecule has 0 unspecified atom stereocenters.